The number of hydrogen-bond donors (Lipinski definition) is 2. The lowest BCUT2D eigenvalue weighted by atomic mass is 9.75. The maximum Gasteiger partial charge on any atom is 0.407 e. The molecule has 1 aliphatic rings. The lowest BCUT2D eigenvalue weighted by molar-refractivity contribution is 0.0383. The number of fused-ring (bicyclic) bond motifs is 1. The van der Waals surface area contributed by atoms with Gasteiger partial charge >= 0.3 is 6.09 Å². The molecule has 2 N–H and O–H groups in total. The van der Waals surface area contributed by atoms with Gasteiger partial charge < -0.3 is 15.0 Å². The highest BCUT2D eigenvalue weighted by molar-refractivity contribution is 5.92. The molecule has 0 saturated heterocycles. The van der Waals surface area contributed by atoms with Gasteiger partial charge in [0.15, 0.2) is 0 Å². The Kier molecular flexibility index (Phi) is 5.45. The molecule has 1 atom stereocenters. The van der Waals surface area contributed by atoms with Gasteiger partial charge in [-0.1, -0.05) is 6.92 Å². The second kappa shape index (κ2) is 8.05. The van der Waals surface area contributed by atoms with Gasteiger partial charge in [-0.3, -0.25) is 0 Å². The van der Waals surface area contributed by atoms with E-state index in [4.69, 9.17) is 4.74 Å². The number of rotatable bonds is 5. The van der Waals surface area contributed by atoms with Crippen molar-refractivity contribution in [2.45, 2.75) is 51.2 Å². The molecule has 0 bridgehead atoms. The van der Waals surface area contributed by atoms with Crippen LogP contribution in [0.1, 0.15) is 44.6 Å². The molecule has 7 heteroatoms. The highest BCUT2D eigenvalue weighted by Gasteiger charge is 2.37. The summed E-state index contributed by atoms with van der Waals surface area (Å²) < 4.78 is 47.2. The standard InChI is InChI=1S/C23H23F3N2O2/c1-3-12(2)27-23(29)30-17-8-14(9-17)20-18-10-16(25)11-19(26)22(18)28-21(20)13-4-6-15(24)7-5-13/h4-7,10-12,14,17,28H,3,8-9H2,1-2H3,(H,27,29). The van der Waals surface area contributed by atoms with Crippen molar-refractivity contribution in [2.75, 3.05) is 0 Å². The number of benzene rings is 2. The molecule has 1 amide bonds. The molecule has 0 spiro atoms. The van der Waals surface area contributed by atoms with Crippen molar-refractivity contribution < 1.29 is 22.7 Å². The van der Waals surface area contributed by atoms with Gasteiger partial charge in [-0.25, -0.2) is 18.0 Å². The summed E-state index contributed by atoms with van der Waals surface area (Å²) in [6.45, 7) is 3.87. The minimum absolute atomic E-state index is 0.0259. The van der Waals surface area contributed by atoms with Crippen LogP contribution in [0, 0.1) is 17.5 Å². The first kappa shape index (κ1) is 20.3. The van der Waals surface area contributed by atoms with Crippen molar-refractivity contribution >= 4 is 17.0 Å². The molecule has 1 heterocycles. The van der Waals surface area contributed by atoms with Crippen LogP contribution in [0.15, 0.2) is 36.4 Å². The Labute approximate surface area is 172 Å². The fraction of sp³-hybridized carbons (Fsp3) is 0.348. The molecule has 1 saturated carbocycles. The Bertz CT molecular complexity index is 1070. The second-order valence-corrected chi connectivity index (χ2v) is 7.88. The van der Waals surface area contributed by atoms with Crippen LogP contribution >= 0.6 is 0 Å². The number of ether oxygens (including phenoxy) is 1. The average molecular weight is 416 g/mol. The topological polar surface area (TPSA) is 54.1 Å². The third kappa shape index (κ3) is 3.88. The van der Waals surface area contributed by atoms with E-state index in [2.05, 4.69) is 10.3 Å². The molecular formula is C23H23F3N2O2. The molecule has 2 aromatic carbocycles. The highest BCUT2D eigenvalue weighted by atomic mass is 19.1. The van der Waals surface area contributed by atoms with Crippen LogP contribution in [0.5, 0.6) is 0 Å². The molecule has 0 aliphatic heterocycles. The zero-order chi connectivity index (χ0) is 21.4. The van der Waals surface area contributed by atoms with Crippen LogP contribution in [0.4, 0.5) is 18.0 Å². The predicted octanol–water partition coefficient (Wildman–Crippen LogP) is 6.02. The molecule has 158 valence electrons. The van der Waals surface area contributed by atoms with Crippen LogP contribution in [0.3, 0.4) is 0 Å². The molecular weight excluding hydrogens is 393 g/mol. The number of aromatic amines is 1. The van der Waals surface area contributed by atoms with Gasteiger partial charge in [-0.15, -0.1) is 0 Å². The van der Waals surface area contributed by atoms with E-state index in [1.165, 1.54) is 18.2 Å². The molecule has 0 radical (unpaired) electrons. The van der Waals surface area contributed by atoms with E-state index in [9.17, 15) is 18.0 Å². The van der Waals surface area contributed by atoms with E-state index in [0.717, 1.165) is 18.1 Å². The minimum atomic E-state index is -0.681. The van der Waals surface area contributed by atoms with Gasteiger partial charge in [0.1, 0.15) is 23.6 Å². The smallest absolute Gasteiger partial charge is 0.407 e. The average Bonchev–Trinajstić information content (AvgIpc) is 3.04. The number of H-pyrrole nitrogens is 1. The van der Waals surface area contributed by atoms with Crippen LogP contribution < -0.4 is 5.32 Å². The summed E-state index contributed by atoms with van der Waals surface area (Å²) >= 11 is 0. The summed E-state index contributed by atoms with van der Waals surface area (Å²) in [5.41, 5.74) is 2.28. The Balaban J connectivity index is 1.63. The molecule has 1 aliphatic carbocycles. The molecule has 4 rings (SSSR count). The summed E-state index contributed by atoms with van der Waals surface area (Å²) in [5, 5.41) is 3.22. The Morgan fingerprint density at radius 2 is 1.87 bits per heavy atom. The summed E-state index contributed by atoms with van der Waals surface area (Å²) in [4.78, 5) is 15.0. The van der Waals surface area contributed by atoms with Gasteiger partial charge in [-0.2, -0.15) is 0 Å². The van der Waals surface area contributed by atoms with E-state index >= 15 is 0 Å². The Hall–Kier alpha value is -2.96. The quantitative estimate of drug-likeness (QED) is 0.534. The lowest BCUT2D eigenvalue weighted by Gasteiger charge is -2.35. The second-order valence-electron chi connectivity index (χ2n) is 7.88. The molecule has 3 aromatic rings. The summed E-state index contributed by atoms with van der Waals surface area (Å²) in [6, 6.07) is 8.03. The van der Waals surface area contributed by atoms with Crippen molar-refractivity contribution in [3.05, 3.63) is 59.4 Å². The SMILES string of the molecule is CCC(C)NC(=O)OC1CC(c2c(-c3ccc(F)cc3)[nH]c3c(F)cc(F)cc23)C1. The van der Waals surface area contributed by atoms with Gasteiger partial charge in [0.25, 0.3) is 0 Å². The number of carbonyl (C=O) groups is 1. The first-order valence-corrected chi connectivity index (χ1v) is 10.1. The van der Waals surface area contributed by atoms with Gasteiger partial charge in [0, 0.05) is 17.5 Å². The first-order chi connectivity index (χ1) is 14.4. The fourth-order valence-corrected chi connectivity index (χ4v) is 3.89. The predicted molar refractivity (Wildman–Crippen MR) is 109 cm³/mol. The third-order valence-electron chi connectivity index (χ3n) is 5.75. The number of carbonyl (C=O) groups excluding carboxylic acids is 1. The Morgan fingerprint density at radius 1 is 1.17 bits per heavy atom. The van der Waals surface area contributed by atoms with Gasteiger partial charge in [-0.05, 0) is 73.6 Å². The maximum atomic E-state index is 14.4. The number of nitrogens with one attached hydrogen (secondary N) is 2. The van der Waals surface area contributed by atoms with E-state index < -0.39 is 17.7 Å². The summed E-state index contributed by atoms with van der Waals surface area (Å²) in [5.74, 6) is -1.76. The zero-order valence-electron chi connectivity index (χ0n) is 16.8. The van der Waals surface area contributed by atoms with E-state index in [-0.39, 0.29) is 29.4 Å². The van der Waals surface area contributed by atoms with E-state index in [1.54, 1.807) is 12.1 Å². The van der Waals surface area contributed by atoms with Crippen molar-refractivity contribution in [3.63, 3.8) is 0 Å². The minimum Gasteiger partial charge on any atom is -0.446 e. The molecule has 1 aromatic heterocycles. The van der Waals surface area contributed by atoms with Crippen molar-refractivity contribution in [1.29, 1.82) is 0 Å². The molecule has 30 heavy (non-hydrogen) atoms. The van der Waals surface area contributed by atoms with Crippen LogP contribution in [-0.2, 0) is 4.74 Å². The Morgan fingerprint density at radius 3 is 2.53 bits per heavy atom. The molecule has 1 unspecified atom stereocenters. The zero-order valence-corrected chi connectivity index (χ0v) is 16.8. The lowest BCUT2D eigenvalue weighted by Crippen LogP contribution is -2.39. The van der Waals surface area contributed by atoms with Crippen LogP contribution in [-0.4, -0.2) is 23.2 Å². The fourth-order valence-electron chi connectivity index (χ4n) is 3.89. The van der Waals surface area contributed by atoms with Crippen LogP contribution in [0.2, 0.25) is 0 Å². The number of amides is 1. The number of alkyl carbamates (subject to hydrolysis) is 1. The normalized spacial score (nSPS) is 19.4. The number of halogens is 3. The number of aromatic nitrogens is 1. The largest absolute Gasteiger partial charge is 0.446 e. The maximum absolute atomic E-state index is 14.4. The third-order valence-corrected chi connectivity index (χ3v) is 5.75. The summed E-state index contributed by atoms with van der Waals surface area (Å²) in [6.07, 6.45) is 1.18. The van der Waals surface area contributed by atoms with E-state index in [0.29, 0.717) is 29.5 Å². The summed E-state index contributed by atoms with van der Waals surface area (Å²) in [7, 11) is 0. The van der Waals surface area contributed by atoms with Crippen LogP contribution in [0.25, 0.3) is 22.2 Å². The number of hydrogen-bond acceptors (Lipinski definition) is 2. The first-order valence-electron chi connectivity index (χ1n) is 10.1. The molecule has 4 nitrogen and oxygen atoms in total. The van der Waals surface area contributed by atoms with E-state index in [1.807, 2.05) is 13.8 Å². The van der Waals surface area contributed by atoms with Gasteiger partial charge in [0.05, 0.1) is 11.2 Å². The monoisotopic (exact) mass is 416 g/mol. The van der Waals surface area contributed by atoms with Crippen molar-refractivity contribution in [1.82, 2.24) is 10.3 Å². The molecule has 1 fully saturated rings. The highest BCUT2D eigenvalue weighted by Crippen LogP contribution is 2.46. The van der Waals surface area contributed by atoms with Gasteiger partial charge in [0.2, 0.25) is 0 Å². The van der Waals surface area contributed by atoms with Crippen molar-refractivity contribution in [3.8, 4) is 11.3 Å². The van der Waals surface area contributed by atoms with Crippen molar-refractivity contribution in [2.24, 2.45) is 0 Å².